The molecule has 12 atom stereocenters. The zero-order chi connectivity index (χ0) is 50.3. The van der Waals surface area contributed by atoms with Crippen molar-refractivity contribution in [2.24, 2.45) is 0 Å². The summed E-state index contributed by atoms with van der Waals surface area (Å²) in [6.07, 6.45) is 34.0. The number of carbonyl (C=O) groups is 1. The Kier molecular flexibility index (Phi) is 37.5. The number of allylic oxidation sites excluding steroid dienone is 9. The Bertz CT molecular complexity index is 1390. The predicted octanol–water partition coefficient (Wildman–Crippen LogP) is 7.83. The number of rotatable bonds is 41. The third kappa shape index (κ3) is 27.9. The van der Waals surface area contributed by atoms with Gasteiger partial charge in [0.25, 0.3) is 0 Å². The van der Waals surface area contributed by atoms with Gasteiger partial charge in [-0.25, -0.2) is 0 Å². The minimum Gasteiger partial charge on any atom is -0.394 e. The van der Waals surface area contributed by atoms with Crippen molar-refractivity contribution in [1.29, 1.82) is 0 Å². The number of aliphatic hydroxyl groups is 8. The monoisotopic (exact) mass is 980 g/mol. The second kappa shape index (κ2) is 41.2. The first-order valence-electron chi connectivity index (χ1n) is 27.0. The van der Waals surface area contributed by atoms with Crippen LogP contribution in [0.3, 0.4) is 0 Å². The van der Waals surface area contributed by atoms with Crippen LogP contribution in [0.25, 0.3) is 0 Å². The highest BCUT2D eigenvalue weighted by Crippen LogP contribution is 2.30. The molecule has 0 spiro atoms. The van der Waals surface area contributed by atoms with Gasteiger partial charge in [0.2, 0.25) is 5.91 Å². The van der Waals surface area contributed by atoms with E-state index in [1.165, 1.54) is 83.5 Å². The topological polar surface area (TPSA) is 228 Å². The third-order valence-electron chi connectivity index (χ3n) is 12.9. The van der Waals surface area contributed by atoms with Gasteiger partial charge in [0.15, 0.2) is 12.6 Å². The largest absolute Gasteiger partial charge is 0.394 e. The lowest BCUT2D eigenvalue weighted by Gasteiger charge is -2.46. The van der Waals surface area contributed by atoms with Crippen molar-refractivity contribution in [2.75, 3.05) is 19.8 Å². The molecule has 0 saturated carbocycles. The highest BCUT2D eigenvalue weighted by molar-refractivity contribution is 5.76. The van der Waals surface area contributed by atoms with E-state index in [0.717, 1.165) is 70.6 Å². The second-order valence-electron chi connectivity index (χ2n) is 19.0. The molecule has 0 aliphatic carbocycles. The summed E-state index contributed by atoms with van der Waals surface area (Å²) in [6.45, 7) is 2.72. The Balaban J connectivity index is 1.86. The normalized spacial score (nSPS) is 26.6. The lowest BCUT2D eigenvalue weighted by atomic mass is 9.97. The van der Waals surface area contributed by atoms with Crippen LogP contribution in [-0.2, 0) is 23.7 Å². The van der Waals surface area contributed by atoms with Gasteiger partial charge in [-0.3, -0.25) is 4.79 Å². The fourth-order valence-corrected chi connectivity index (χ4v) is 8.47. The van der Waals surface area contributed by atoms with E-state index in [-0.39, 0.29) is 18.9 Å². The van der Waals surface area contributed by atoms with Crippen LogP contribution in [0.4, 0.5) is 0 Å². The summed E-state index contributed by atoms with van der Waals surface area (Å²) in [4.78, 5) is 13.2. The van der Waals surface area contributed by atoms with E-state index in [4.69, 9.17) is 18.9 Å². The van der Waals surface area contributed by atoms with Crippen LogP contribution in [0.5, 0.6) is 0 Å². The van der Waals surface area contributed by atoms with Crippen LogP contribution in [0.2, 0.25) is 0 Å². The fraction of sp³-hybridized carbons (Fsp3) is 0.800. The van der Waals surface area contributed by atoms with E-state index in [1.54, 1.807) is 6.08 Å². The van der Waals surface area contributed by atoms with Gasteiger partial charge in [-0.2, -0.15) is 0 Å². The third-order valence-corrected chi connectivity index (χ3v) is 12.9. The predicted molar refractivity (Wildman–Crippen MR) is 272 cm³/mol. The summed E-state index contributed by atoms with van der Waals surface area (Å²) in [6, 6.07) is -0.946. The summed E-state index contributed by atoms with van der Waals surface area (Å²) >= 11 is 0. The minimum absolute atomic E-state index is 0.252. The Labute approximate surface area is 416 Å². The molecular formula is C55H97NO13. The van der Waals surface area contributed by atoms with Crippen molar-refractivity contribution in [2.45, 2.75) is 261 Å². The maximum Gasteiger partial charge on any atom is 0.220 e. The molecule has 9 N–H and O–H groups in total. The molecule has 2 rings (SSSR count). The Morgan fingerprint density at radius 2 is 0.971 bits per heavy atom. The lowest BCUT2D eigenvalue weighted by Crippen LogP contribution is -2.65. The molecule has 0 radical (unpaired) electrons. The van der Waals surface area contributed by atoms with Crippen molar-refractivity contribution >= 4 is 5.91 Å². The number of nitrogens with one attached hydrogen (secondary N) is 1. The number of carbonyl (C=O) groups excluding carboxylic acids is 1. The standard InChI is InChI=1S/C55H97NO13/c1-3-5-7-9-11-13-15-17-19-21-22-23-24-26-28-30-32-34-36-38-44(59)43(56-47(60)39-37-35-33-31-29-27-25-20-18-16-14-12-10-8-6-4-2)42-66-54-52(65)50(63)53(46(41-58)68-54)69-55-51(64)49(62)48(61)45(40-57)67-55/h14,16,20,22-23,25,28,30,36,38,43-46,48-55,57-59,61-65H,3-13,15,17-19,21,24,26-27,29,31-35,37,39-42H2,1-2H3,(H,56,60)/b16-14-,23-22+,25-20-,30-28+,38-36+. The molecule has 0 aromatic carbocycles. The summed E-state index contributed by atoms with van der Waals surface area (Å²) in [5.41, 5.74) is 0. The summed E-state index contributed by atoms with van der Waals surface area (Å²) in [5.74, 6) is -0.270. The minimum atomic E-state index is -1.79. The van der Waals surface area contributed by atoms with Gasteiger partial charge in [-0.15, -0.1) is 0 Å². The SMILES string of the molecule is CCCCCC/C=C\C/C=C\CCCCCCCC(=O)NC(COC1OC(CO)C(OC2OC(CO)C(O)C(O)C2O)C(O)C1O)C(O)/C=C/CC/C=C/CC/C=C/CCCCCCCCCCC. The van der Waals surface area contributed by atoms with E-state index in [1.807, 2.05) is 6.08 Å². The molecule has 2 saturated heterocycles. The average molecular weight is 980 g/mol. The number of ether oxygens (including phenoxy) is 4. The highest BCUT2D eigenvalue weighted by atomic mass is 16.7. The van der Waals surface area contributed by atoms with E-state index >= 15 is 0 Å². The maximum atomic E-state index is 13.2. The quantitative estimate of drug-likeness (QED) is 0.0211. The molecule has 1 amide bonds. The van der Waals surface area contributed by atoms with Gasteiger partial charge in [-0.1, -0.05) is 164 Å². The smallest absolute Gasteiger partial charge is 0.220 e. The molecule has 2 aliphatic heterocycles. The summed E-state index contributed by atoms with van der Waals surface area (Å²) in [5, 5.41) is 86.8. The molecule has 12 unspecified atom stereocenters. The number of unbranched alkanes of at least 4 members (excludes halogenated alkanes) is 20. The van der Waals surface area contributed by atoms with Gasteiger partial charge < -0.3 is 65.1 Å². The summed E-state index contributed by atoms with van der Waals surface area (Å²) < 4.78 is 22.7. The van der Waals surface area contributed by atoms with Gasteiger partial charge >= 0.3 is 0 Å². The molecule has 69 heavy (non-hydrogen) atoms. The zero-order valence-electron chi connectivity index (χ0n) is 42.5. The number of aliphatic hydroxyl groups excluding tert-OH is 8. The van der Waals surface area contributed by atoms with Crippen molar-refractivity contribution < 1.29 is 64.6 Å². The van der Waals surface area contributed by atoms with Gasteiger partial charge in [0.1, 0.15) is 48.8 Å². The highest BCUT2D eigenvalue weighted by Gasteiger charge is 2.51. The first-order chi connectivity index (χ1) is 33.6. The molecule has 14 heteroatoms. The summed E-state index contributed by atoms with van der Waals surface area (Å²) in [7, 11) is 0. The van der Waals surface area contributed by atoms with Crippen LogP contribution < -0.4 is 5.32 Å². The molecule has 2 aliphatic rings. The fourth-order valence-electron chi connectivity index (χ4n) is 8.47. The van der Waals surface area contributed by atoms with Crippen LogP contribution in [0.15, 0.2) is 60.8 Å². The van der Waals surface area contributed by atoms with Gasteiger partial charge in [0.05, 0.1) is 32.0 Å². The van der Waals surface area contributed by atoms with Crippen LogP contribution >= 0.6 is 0 Å². The number of hydrogen-bond donors (Lipinski definition) is 9. The molecule has 400 valence electrons. The second-order valence-corrected chi connectivity index (χ2v) is 19.0. The van der Waals surface area contributed by atoms with Crippen molar-refractivity contribution in [1.82, 2.24) is 5.32 Å². The average Bonchev–Trinajstić information content (AvgIpc) is 3.35. The van der Waals surface area contributed by atoms with E-state index in [0.29, 0.717) is 12.8 Å². The molecule has 2 heterocycles. The van der Waals surface area contributed by atoms with Gasteiger partial charge in [-0.05, 0) is 77.0 Å². The van der Waals surface area contributed by atoms with Crippen LogP contribution in [-0.4, -0.2) is 140 Å². The Morgan fingerprint density at radius 3 is 1.52 bits per heavy atom. The van der Waals surface area contributed by atoms with E-state index in [2.05, 4.69) is 67.8 Å². The van der Waals surface area contributed by atoms with Crippen LogP contribution in [0, 0.1) is 0 Å². The number of hydrogen-bond acceptors (Lipinski definition) is 13. The lowest BCUT2D eigenvalue weighted by molar-refractivity contribution is -0.359. The first-order valence-corrected chi connectivity index (χ1v) is 27.0. The molecule has 14 nitrogen and oxygen atoms in total. The molecule has 2 fully saturated rings. The zero-order valence-corrected chi connectivity index (χ0v) is 42.5. The maximum absolute atomic E-state index is 13.2. The molecule has 0 aromatic rings. The molecule has 0 bridgehead atoms. The van der Waals surface area contributed by atoms with Crippen LogP contribution in [0.1, 0.15) is 187 Å². The molecule has 0 aromatic heterocycles. The number of amides is 1. The van der Waals surface area contributed by atoms with Crippen molar-refractivity contribution in [3.05, 3.63) is 60.8 Å². The first kappa shape index (κ1) is 62.8. The van der Waals surface area contributed by atoms with Gasteiger partial charge in [0, 0.05) is 6.42 Å². The van der Waals surface area contributed by atoms with Crippen molar-refractivity contribution in [3.63, 3.8) is 0 Å². The van der Waals surface area contributed by atoms with E-state index < -0.39 is 86.8 Å². The Morgan fingerprint density at radius 1 is 0.522 bits per heavy atom. The van der Waals surface area contributed by atoms with Crippen molar-refractivity contribution in [3.8, 4) is 0 Å². The Hall–Kier alpha value is -2.31. The van der Waals surface area contributed by atoms with E-state index in [9.17, 15) is 45.6 Å². The molecular weight excluding hydrogens is 883 g/mol.